The second-order valence-corrected chi connectivity index (χ2v) is 14.3. The number of rotatable bonds is 2. The van der Waals surface area contributed by atoms with Gasteiger partial charge in [0.1, 0.15) is 0 Å². The van der Waals surface area contributed by atoms with Crippen LogP contribution in [0.5, 0.6) is 0 Å². The zero-order valence-corrected chi connectivity index (χ0v) is 31.4. The van der Waals surface area contributed by atoms with Crippen molar-refractivity contribution >= 4 is 25.3 Å². The summed E-state index contributed by atoms with van der Waals surface area (Å²) in [5, 5.41) is 5.48. The molecule has 0 spiro atoms. The van der Waals surface area contributed by atoms with Gasteiger partial charge in [-0.1, -0.05) is 116 Å². The van der Waals surface area contributed by atoms with Gasteiger partial charge in [0.15, 0.2) is 0 Å². The summed E-state index contributed by atoms with van der Waals surface area (Å²) in [4.78, 5) is 0. The first-order valence-corrected chi connectivity index (χ1v) is 16.1. The first-order valence-electron chi connectivity index (χ1n) is 14.6. The fourth-order valence-corrected chi connectivity index (χ4v) is 5.58. The predicted octanol–water partition coefficient (Wildman–Crippen LogP) is 4.98. The molecular formula is C39H48Cl2Zr-2. The molecule has 0 bridgehead atoms. The molecule has 4 aromatic rings. The maximum Gasteiger partial charge on any atom is -1.00 e. The Labute approximate surface area is 283 Å². The summed E-state index contributed by atoms with van der Waals surface area (Å²) < 4.78 is 2.19. The molecule has 1 aliphatic carbocycles. The second-order valence-electron chi connectivity index (χ2n) is 13.6. The molecule has 0 aromatic heterocycles. The SMILES string of the molecule is CC(C)(C)c1ccc2c(c1)[cH-]c1cc(C(C)(C)C)ccc12.CC1=[C-]C(C)C=C1C(C)C.Cc1ccc([CH]=[Zr+2])cc1.[Cl-].[Cl-]. The van der Waals surface area contributed by atoms with Crippen molar-refractivity contribution in [3.05, 3.63) is 112 Å². The van der Waals surface area contributed by atoms with E-state index in [9.17, 15) is 0 Å². The molecule has 42 heavy (non-hydrogen) atoms. The molecular weight excluding hydrogens is 631 g/mol. The summed E-state index contributed by atoms with van der Waals surface area (Å²) in [6.07, 6.45) is 5.68. The van der Waals surface area contributed by atoms with E-state index in [2.05, 4.69) is 159 Å². The van der Waals surface area contributed by atoms with Crippen molar-refractivity contribution in [3.63, 3.8) is 0 Å². The zero-order valence-electron chi connectivity index (χ0n) is 27.4. The number of benzene rings is 3. The topological polar surface area (TPSA) is 0 Å². The van der Waals surface area contributed by atoms with Crippen LogP contribution in [-0.4, -0.2) is 3.71 Å². The molecule has 0 saturated carbocycles. The van der Waals surface area contributed by atoms with E-state index in [1.165, 1.54) is 79.2 Å². The third kappa shape index (κ3) is 10.2. The van der Waals surface area contributed by atoms with Crippen LogP contribution in [0.15, 0.2) is 84.0 Å². The standard InChI is InChI=1S/C21H25.C10H15.C8H8.2ClH.Zr/c1-20(2,3)16-7-9-18-14(12-16)11-15-13-17(21(4,5)6)8-10-19(15)18;1-7(2)10-6-8(3)5-9(10)4;1-7-3-5-8(2)6-4-7;;;/h7-13H,1-6H3;6-8H,1-4H3;1,3-6H,2H3;2*1H;/q2*-1;;;;+2/p-2. The second kappa shape index (κ2) is 15.9. The number of hydrogen-bond donors (Lipinski definition) is 0. The number of aryl methyl sites for hydroxylation is 1. The summed E-state index contributed by atoms with van der Waals surface area (Å²) in [6.45, 7) is 24.5. The number of hydrogen-bond acceptors (Lipinski definition) is 0. The molecule has 1 unspecified atom stereocenters. The monoisotopic (exact) mass is 676 g/mol. The third-order valence-corrected chi connectivity index (χ3v) is 8.43. The first kappa shape index (κ1) is 38.4. The first-order chi connectivity index (χ1) is 18.6. The molecule has 0 N–H and O–H groups in total. The van der Waals surface area contributed by atoms with E-state index < -0.39 is 0 Å². The molecule has 3 heteroatoms. The third-order valence-electron chi connectivity index (χ3n) is 7.61. The van der Waals surface area contributed by atoms with Gasteiger partial charge in [-0.15, -0.1) is 39.7 Å². The van der Waals surface area contributed by atoms with Gasteiger partial charge in [0.05, 0.1) is 0 Å². The van der Waals surface area contributed by atoms with Crippen molar-refractivity contribution in [3.8, 4) is 0 Å². The minimum atomic E-state index is 0. The van der Waals surface area contributed by atoms with Crippen molar-refractivity contribution in [2.45, 2.75) is 87.0 Å². The van der Waals surface area contributed by atoms with Crippen molar-refractivity contribution in [2.24, 2.45) is 11.8 Å². The van der Waals surface area contributed by atoms with Gasteiger partial charge in [0, 0.05) is 0 Å². The van der Waals surface area contributed by atoms with Crippen molar-refractivity contribution in [2.75, 3.05) is 0 Å². The fraction of sp³-hybridized carbons (Fsp3) is 0.385. The molecule has 224 valence electrons. The normalized spacial score (nSPS) is 14.6. The van der Waals surface area contributed by atoms with Gasteiger partial charge in [-0.25, -0.2) is 5.57 Å². The number of fused-ring (bicyclic) bond motifs is 3. The maximum atomic E-state index is 3.37. The molecule has 0 heterocycles. The Balaban J connectivity index is 0.000000353. The maximum absolute atomic E-state index is 3.37. The van der Waals surface area contributed by atoms with Crippen LogP contribution in [0, 0.1) is 24.8 Å². The van der Waals surface area contributed by atoms with E-state index in [1.54, 1.807) is 0 Å². The van der Waals surface area contributed by atoms with Gasteiger partial charge >= 0.3 is 70.3 Å². The van der Waals surface area contributed by atoms with Gasteiger partial charge in [0.25, 0.3) is 0 Å². The van der Waals surface area contributed by atoms with Crippen LogP contribution in [0.2, 0.25) is 0 Å². The molecule has 1 aliphatic rings. The van der Waals surface area contributed by atoms with Crippen LogP contribution in [0.3, 0.4) is 0 Å². The molecule has 0 radical (unpaired) electrons. The molecule has 0 saturated heterocycles. The van der Waals surface area contributed by atoms with E-state index in [0.29, 0.717) is 11.8 Å². The quantitative estimate of drug-likeness (QED) is 0.263. The van der Waals surface area contributed by atoms with Crippen LogP contribution < -0.4 is 24.8 Å². The molecule has 0 fully saturated rings. The largest absolute Gasteiger partial charge is 1.00 e. The minimum Gasteiger partial charge on any atom is -1.00 e. The molecule has 0 nitrogen and oxygen atoms in total. The fourth-order valence-electron chi connectivity index (χ4n) is 5.10. The van der Waals surface area contributed by atoms with E-state index >= 15 is 0 Å². The van der Waals surface area contributed by atoms with Gasteiger partial charge in [-0.05, 0) is 10.8 Å². The average molecular weight is 679 g/mol. The Morgan fingerprint density at radius 3 is 1.52 bits per heavy atom. The van der Waals surface area contributed by atoms with Gasteiger partial charge < -0.3 is 24.8 Å². The Morgan fingerprint density at radius 1 is 0.762 bits per heavy atom. The van der Waals surface area contributed by atoms with Gasteiger partial charge in [0.2, 0.25) is 0 Å². The summed E-state index contributed by atoms with van der Waals surface area (Å²) in [7, 11) is 0. The number of allylic oxidation sites excluding steroid dienone is 4. The zero-order chi connectivity index (χ0) is 29.8. The van der Waals surface area contributed by atoms with Gasteiger partial charge in [-0.2, -0.15) is 11.6 Å². The van der Waals surface area contributed by atoms with E-state index in [1.807, 2.05) is 0 Å². The van der Waals surface area contributed by atoms with Crippen LogP contribution in [0.1, 0.15) is 91.5 Å². The summed E-state index contributed by atoms with van der Waals surface area (Å²) in [6, 6.07) is 24.7. The summed E-state index contributed by atoms with van der Waals surface area (Å²) >= 11 is 1.47. The molecule has 1 atom stereocenters. The van der Waals surface area contributed by atoms with Crippen molar-refractivity contribution in [1.29, 1.82) is 0 Å². The predicted molar refractivity (Wildman–Crippen MR) is 175 cm³/mol. The van der Waals surface area contributed by atoms with E-state index in [4.69, 9.17) is 0 Å². The number of halogens is 2. The Hall–Kier alpha value is -1.66. The van der Waals surface area contributed by atoms with Crippen LogP contribution in [0.4, 0.5) is 0 Å². The minimum absolute atomic E-state index is 0. The Morgan fingerprint density at radius 2 is 1.21 bits per heavy atom. The molecule has 0 aliphatic heterocycles. The van der Waals surface area contributed by atoms with Crippen LogP contribution in [0.25, 0.3) is 21.5 Å². The van der Waals surface area contributed by atoms with E-state index in [0.717, 1.165) is 0 Å². The van der Waals surface area contributed by atoms with Crippen LogP contribution >= 0.6 is 0 Å². The summed E-state index contributed by atoms with van der Waals surface area (Å²) in [5.41, 5.74) is 8.70. The Kier molecular flexibility index (Phi) is 14.5. The van der Waals surface area contributed by atoms with Crippen LogP contribution in [-0.2, 0) is 35.1 Å². The van der Waals surface area contributed by atoms with E-state index in [-0.39, 0.29) is 35.6 Å². The molecule has 5 rings (SSSR count). The molecule has 0 amide bonds. The van der Waals surface area contributed by atoms with Gasteiger partial charge in [-0.3, -0.25) is 6.08 Å². The molecule has 4 aromatic carbocycles. The smallest absolute Gasteiger partial charge is 1.00 e. The van der Waals surface area contributed by atoms with Crippen molar-refractivity contribution < 1.29 is 49.0 Å². The Bertz CT molecular complexity index is 1450. The van der Waals surface area contributed by atoms with Crippen molar-refractivity contribution in [1.82, 2.24) is 0 Å². The average Bonchev–Trinajstić information content (AvgIpc) is 3.42. The summed E-state index contributed by atoms with van der Waals surface area (Å²) in [5.74, 6) is 1.20.